The SMILES string of the molecule is CC(CCCC(F)(F)F)NCC(O)c1ccsc1. The van der Waals surface area contributed by atoms with Crippen LogP contribution in [-0.2, 0) is 0 Å². The van der Waals surface area contributed by atoms with Crippen LogP contribution in [0.25, 0.3) is 0 Å². The molecule has 2 atom stereocenters. The molecule has 2 unspecified atom stereocenters. The van der Waals surface area contributed by atoms with Gasteiger partial charge in [-0.05, 0) is 42.2 Å². The molecule has 1 aromatic rings. The third kappa shape index (κ3) is 6.37. The van der Waals surface area contributed by atoms with E-state index < -0.39 is 18.7 Å². The molecule has 0 radical (unpaired) electrons. The highest BCUT2D eigenvalue weighted by Crippen LogP contribution is 2.22. The van der Waals surface area contributed by atoms with Gasteiger partial charge in [0.05, 0.1) is 6.10 Å². The molecule has 2 nitrogen and oxygen atoms in total. The van der Waals surface area contributed by atoms with Gasteiger partial charge in [-0.2, -0.15) is 24.5 Å². The largest absolute Gasteiger partial charge is 0.389 e. The van der Waals surface area contributed by atoms with Crippen molar-refractivity contribution in [3.63, 3.8) is 0 Å². The summed E-state index contributed by atoms with van der Waals surface area (Å²) in [5, 5.41) is 16.6. The van der Waals surface area contributed by atoms with Crippen LogP contribution in [0.4, 0.5) is 13.2 Å². The van der Waals surface area contributed by atoms with Crippen molar-refractivity contribution in [2.24, 2.45) is 0 Å². The first-order valence-electron chi connectivity index (χ1n) is 5.89. The number of aliphatic hydroxyl groups is 1. The summed E-state index contributed by atoms with van der Waals surface area (Å²) >= 11 is 1.51. The lowest BCUT2D eigenvalue weighted by Crippen LogP contribution is -2.30. The Hall–Kier alpha value is -0.590. The Kier molecular flexibility index (Phi) is 6.11. The van der Waals surface area contributed by atoms with Gasteiger partial charge in [-0.15, -0.1) is 0 Å². The van der Waals surface area contributed by atoms with Gasteiger partial charge in [0.15, 0.2) is 0 Å². The van der Waals surface area contributed by atoms with Crippen molar-refractivity contribution < 1.29 is 18.3 Å². The Balaban J connectivity index is 2.15. The van der Waals surface area contributed by atoms with Gasteiger partial charge >= 0.3 is 6.18 Å². The normalized spacial score (nSPS) is 15.6. The maximum atomic E-state index is 11.9. The molecule has 0 aliphatic heterocycles. The van der Waals surface area contributed by atoms with Gasteiger partial charge in [0.25, 0.3) is 0 Å². The first kappa shape index (κ1) is 15.5. The van der Waals surface area contributed by atoms with Crippen LogP contribution in [0.3, 0.4) is 0 Å². The molecule has 0 aromatic carbocycles. The third-order valence-electron chi connectivity index (χ3n) is 2.69. The van der Waals surface area contributed by atoms with Crippen molar-refractivity contribution in [3.05, 3.63) is 22.4 Å². The van der Waals surface area contributed by atoms with Crippen LogP contribution in [0, 0.1) is 0 Å². The summed E-state index contributed by atoms with van der Waals surface area (Å²) in [4.78, 5) is 0. The van der Waals surface area contributed by atoms with Crippen LogP contribution in [0.2, 0.25) is 0 Å². The number of halogens is 3. The van der Waals surface area contributed by atoms with Crippen molar-refractivity contribution in [3.8, 4) is 0 Å². The average Bonchev–Trinajstić information content (AvgIpc) is 2.77. The number of nitrogens with one attached hydrogen (secondary N) is 1. The number of alkyl halides is 3. The number of hydrogen-bond donors (Lipinski definition) is 2. The summed E-state index contributed by atoms with van der Waals surface area (Å²) in [6.45, 7) is 2.20. The van der Waals surface area contributed by atoms with E-state index in [0.717, 1.165) is 5.56 Å². The van der Waals surface area contributed by atoms with Crippen molar-refractivity contribution in [2.45, 2.75) is 44.5 Å². The zero-order valence-corrected chi connectivity index (χ0v) is 11.0. The Morgan fingerprint density at radius 1 is 1.44 bits per heavy atom. The highest BCUT2D eigenvalue weighted by molar-refractivity contribution is 7.07. The van der Waals surface area contributed by atoms with Crippen LogP contribution in [0.5, 0.6) is 0 Å². The second kappa shape index (κ2) is 7.11. The summed E-state index contributed by atoms with van der Waals surface area (Å²) in [5.74, 6) is 0. The van der Waals surface area contributed by atoms with Gasteiger partial charge in [0.2, 0.25) is 0 Å². The lowest BCUT2D eigenvalue weighted by atomic mass is 10.1. The quantitative estimate of drug-likeness (QED) is 0.802. The maximum Gasteiger partial charge on any atom is 0.389 e. The zero-order chi connectivity index (χ0) is 13.6. The zero-order valence-electron chi connectivity index (χ0n) is 10.2. The molecule has 0 aliphatic carbocycles. The van der Waals surface area contributed by atoms with E-state index in [-0.39, 0.29) is 12.5 Å². The van der Waals surface area contributed by atoms with Crippen LogP contribution >= 0.6 is 11.3 Å². The average molecular weight is 281 g/mol. The van der Waals surface area contributed by atoms with E-state index in [9.17, 15) is 18.3 Å². The number of aliphatic hydroxyl groups excluding tert-OH is 1. The second-order valence-corrected chi connectivity index (χ2v) is 5.17. The van der Waals surface area contributed by atoms with Gasteiger partial charge < -0.3 is 10.4 Å². The number of hydrogen-bond acceptors (Lipinski definition) is 3. The van der Waals surface area contributed by atoms with E-state index in [4.69, 9.17) is 0 Å². The van der Waals surface area contributed by atoms with Crippen molar-refractivity contribution in [1.29, 1.82) is 0 Å². The van der Waals surface area contributed by atoms with E-state index >= 15 is 0 Å². The highest BCUT2D eigenvalue weighted by Gasteiger charge is 2.26. The molecule has 2 N–H and O–H groups in total. The molecular weight excluding hydrogens is 263 g/mol. The molecule has 0 amide bonds. The summed E-state index contributed by atoms with van der Waals surface area (Å²) in [7, 11) is 0. The highest BCUT2D eigenvalue weighted by atomic mass is 32.1. The molecule has 0 saturated carbocycles. The first-order valence-corrected chi connectivity index (χ1v) is 6.83. The Labute approximate surface area is 109 Å². The summed E-state index contributed by atoms with van der Waals surface area (Å²) in [5.41, 5.74) is 0.843. The molecule has 1 heterocycles. The molecule has 0 saturated heterocycles. The van der Waals surface area contributed by atoms with Crippen molar-refractivity contribution in [1.82, 2.24) is 5.32 Å². The van der Waals surface area contributed by atoms with Gasteiger partial charge in [-0.3, -0.25) is 0 Å². The number of thiophene rings is 1. The van der Waals surface area contributed by atoms with Gasteiger partial charge in [-0.1, -0.05) is 0 Å². The molecule has 0 bridgehead atoms. The Morgan fingerprint density at radius 3 is 2.72 bits per heavy atom. The number of rotatable bonds is 7. The van der Waals surface area contributed by atoms with E-state index in [1.807, 2.05) is 23.8 Å². The van der Waals surface area contributed by atoms with Crippen LogP contribution in [0.1, 0.15) is 37.9 Å². The van der Waals surface area contributed by atoms with Crippen LogP contribution in [0.15, 0.2) is 16.8 Å². The molecule has 18 heavy (non-hydrogen) atoms. The fourth-order valence-corrected chi connectivity index (χ4v) is 2.31. The molecule has 1 rings (SSSR count). The molecule has 104 valence electrons. The van der Waals surface area contributed by atoms with Crippen molar-refractivity contribution >= 4 is 11.3 Å². The molecule has 6 heteroatoms. The van der Waals surface area contributed by atoms with Crippen molar-refractivity contribution in [2.75, 3.05) is 6.54 Å². The maximum absolute atomic E-state index is 11.9. The fraction of sp³-hybridized carbons (Fsp3) is 0.667. The molecule has 0 fully saturated rings. The minimum atomic E-state index is -4.07. The Bertz CT molecular complexity index is 327. The minimum absolute atomic E-state index is 0.0272. The molecule has 0 spiro atoms. The van der Waals surface area contributed by atoms with E-state index in [2.05, 4.69) is 5.32 Å². The summed E-state index contributed by atoms with van der Waals surface area (Å²) in [6.07, 6.45) is -4.84. The molecule has 1 aromatic heterocycles. The minimum Gasteiger partial charge on any atom is -0.387 e. The van der Waals surface area contributed by atoms with Gasteiger partial charge in [-0.25, -0.2) is 0 Å². The van der Waals surface area contributed by atoms with E-state index in [1.54, 1.807) is 0 Å². The molecular formula is C12H18F3NOS. The Morgan fingerprint density at radius 2 is 2.17 bits per heavy atom. The van der Waals surface area contributed by atoms with Gasteiger partial charge in [0.1, 0.15) is 0 Å². The standard InChI is InChI=1S/C12H18F3NOS/c1-9(3-2-5-12(13,14)15)16-7-11(17)10-4-6-18-8-10/h4,6,8-9,11,16-17H,2-3,5,7H2,1H3. The summed E-state index contributed by atoms with van der Waals surface area (Å²) < 4.78 is 35.8. The van der Waals surface area contributed by atoms with Gasteiger partial charge in [0, 0.05) is 19.0 Å². The van der Waals surface area contributed by atoms with Crippen LogP contribution < -0.4 is 5.32 Å². The first-order chi connectivity index (χ1) is 8.38. The third-order valence-corrected chi connectivity index (χ3v) is 3.39. The van der Waals surface area contributed by atoms with E-state index in [1.165, 1.54) is 11.3 Å². The topological polar surface area (TPSA) is 32.3 Å². The lowest BCUT2D eigenvalue weighted by Gasteiger charge is -2.17. The lowest BCUT2D eigenvalue weighted by molar-refractivity contribution is -0.135. The monoisotopic (exact) mass is 281 g/mol. The smallest absolute Gasteiger partial charge is 0.387 e. The fourth-order valence-electron chi connectivity index (χ4n) is 1.61. The van der Waals surface area contributed by atoms with E-state index in [0.29, 0.717) is 13.0 Å². The van der Waals surface area contributed by atoms with Crippen LogP contribution in [-0.4, -0.2) is 23.9 Å². The predicted molar refractivity (Wildman–Crippen MR) is 66.6 cm³/mol. The second-order valence-electron chi connectivity index (χ2n) is 4.39. The predicted octanol–water partition coefficient (Wildman–Crippen LogP) is 3.49. The summed E-state index contributed by atoms with van der Waals surface area (Å²) in [6, 6.07) is 1.81. The molecule has 0 aliphatic rings.